The largest absolute Gasteiger partial charge is 0.493 e. The fraction of sp³-hybridized carbons (Fsp3) is 0.0500. The van der Waals surface area contributed by atoms with Gasteiger partial charge in [0, 0.05) is 11.6 Å². The Labute approximate surface area is 163 Å². The van der Waals surface area contributed by atoms with E-state index in [4.69, 9.17) is 9.84 Å². The van der Waals surface area contributed by atoms with E-state index in [1.807, 2.05) is 83.3 Å². The predicted molar refractivity (Wildman–Crippen MR) is 109 cm³/mol. The minimum Gasteiger partial charge on any atom is -0.493 e. The molecule has 0 saturated carbocycles. The molecule has 0 bridgehead atoms. The summed E-state index contributed by atoms with van der Waals surface area (Å²) in [7, 11) is 1.49. The average molecular weight is 455 g/mol. The summed E-state index contributed by atoms with van der Waals surface area (Å²) in [5, 5.41) is 4.72. The second-order valence-electron chi connectivity index (χ2n) is 5.64. The van der Waals surface area contributed by atoms with Gasteiger partial charge in [0.2, 0.25) is 5.43 Å². The fourth-order valence-electron chi connectivity index (χ4n) is 2.77. The highest BCUT2D eigenvalue weighted by atomic mass is 127. The summed E-state index contributed by atoms with van der Waals surface area (Å²) >= 11 is 2.04. The summed E-state index contributed by atoms with van der Waals surface area (Å²) in [6, 6.07) is 21.2. The van der Waals surface area contributed by atoms with Crippen molar-refractivity contribution in [2.45, 2.75) is 0 Å². The molecule has 0 atom stereocenters. The van der Waals surface area contributed by atoms with Gasteiger partial charge in [0.25, 0.3) is 0 Å². The van der Waals surface area contributed by atoms with Crippen LogP contribution in [0.5, 0.6) is 5.75 Å². The van der Waals surface area contributed by atoms with Gasteiger partial charge in [-0.15, -0.1) is 5.10 Å². The highest BCUT2D eigenvalue weighted by molar-refractivity contribution is 14.1. The topological polar surface area (TPSA) is 57.0 Å². The molecule has 2 aromatic rings. The van der Waals surface area contributed by atoms with Crippen LogP contribution in [0.4, 0.5) is 0 Å². The summed E-state index contributed by atoms with van der Waals surface area (Å²) in [5.41, 5.74) is 2.92. The van der Waals surface area contributed by atoms with Gasteiger partial charge in [-0.1, -0.05) is 48.5 Å². The van der Waals surface area contributed by atoms with Gasteiger partial charge in [-0.2, -0.15) is 0 Å². The van der Waals surface area contributed by atoms with Crippen molar-refractivity contribution < 1.29 is 4.74 Å². The third-order valence-electron chi connectivity index (χ3n) is 4.03. The number of para-hydroxylation sites is 1. The van der Waals surface area contributed by atoms with Crippen LogP contribution in [0.15, 0.2) is 71.5 Å². The monoisotopic (exact) mass is 455 g/mol. The molecule has 2 aliphatic rings. The van der Waals surface area contributed by atoms with Crippen molar-refractivity contribution in [3.63, 3.8) is 0 Å². The van der Waals surface area contributed by atoms with E-state index in [0.29, 0.717) is 20.8 Å². The van der Waals surface area contributed by atoms with Gasteiger partial charge in [0.05, 0.1) is 22.1 Å². The van der Waals surface area contributed by atoms with Crippen LogP contribution in [0.3, 0.4) is 0 Å². The standard InChI is InChI=1S/C20H14IN3O2/c1-26-16-12-15-18(17(21)19(16)25)24(14-10-6-3-7-11-14)23-20(22-15)13-8-4-2-5-9-13/h2-12H,1H3. The lowest BCUT2D eigenvalue weighted by atomic mass is 10.1. The Kier molecular flexibility index (Phi) is 4.42. The maximum Gasteiger partial charge on any atom is 0.235 e. The van der Waals surface area contributed by atoms with Gasteiger partial charge in [0.15, 0.2) is 11.6 Å². The number of halogens is 1. The van der Waals surface area contributed by atoms with Crippen molar-refractivity contribution in [2.24, 2.45) is 0 Å². The van der Waals surface area contributed by atoms with Crippen molar-refractivity contribution in [2.75, 3.05) is 7.11 Å². The molecule has 0 fully saturated rings. The third kappa shape index (κ3) is 2.86. The molecular formula is C20H14IN3O2. The number of fused-ring (bicyclic) bond motifs is 1. The van der Waals surface area contributed by atoms with Crippen LogP contribution in [0.1, 0.15) is 0 Å². The number of ether oxygens (including phenoxy) is 1. The van der Waals surface area contributed by atoms with E-state index in [2.05, 4.69) is 4.98 Å². The maximum absolute atomic E-state index is 12.6. The molecule has 6 heteroatoms. The van der Waals surface area contributed by atoms with Crippen molar-refractivity contribution in [1.82, 2.24) is 14.8 Å². The Morgan fingerprint density at radius 2 is 1.65 bits per heavy atom. The molecule has 1 heterocycles. The van der Waals surface area contributed by atoms with Crippen molar-refractivity contribution in [3.05, 3.63) is 80.5 Å². The van der Waals surface area contributed by atoms with E-state index in [1.54, 1.807) is 10.7 Å². The molecule has 2 aromatic carbocycles. The number of nitrogens with zero attached hydrogens (tertiary/aromatic N) is 3. The predicted octanol–water partition coefficient (Wildman–Crippen LogP) is 4.01. The Morgan fingerprint density at radius 3 is 2.31 bits per heavy atom. The summed E-state index contributed by atoms with van der Waals surface area (Å²) in [4.78, 5) is 17.2. The van der Waals surface area contributed by atoms with Gasteiger partial charge < -0.3 is 4.74 Å². The summed E-state index contributed by atoms with van der Waals surface area (Å²) in [6.07, 6.45) is 0. The minimum absolute atomic E-state index is 0.165. The van der Waals surface area contributed by atoms with Crippen LogP contribution in [-0.4, -0.2) is 21.9 Å². The normalized spacial score (nSPS) is 10.8. The molecule has 0 saturated heterocycles. The first-order valence-corrected chi connectivity index (χ1v) is 9.05. The van der Waals surface area contributed by atoms with Gasteiger partial charge in [-0.3, -0.25) is 4.79 Å². The Morgan fingerprint density at radius 1 is 1.00 bits per heavy atom. The van der Waals surface area contributed by atoms with E-state index >= 15 is 0 Å². The zero-order valence-corrected chi connectivity index (χ0v) is 16.0. The fourth-order valence-corrected chi connectivity index (χ4v) is 3.54. The number of hydrogen-bond acceptors (Lipinski definition) is 4. The van der Waals surface area contributed by atoms with Crippen LogP contribution >= 0.6 is 22.6 Å². The third-order valence-corrected chi connectivity index (χ3v) is 5.03. The average Bonchev–Trinajstić information content (AvgIpc) is 2.71. The van der Waals surface area contributed by atoms with E-state index in [1.165, 1.54) is 7.11 Å². The quantitative estimate of drug-likeness (QED) is 0.438. The molecular weight excluding hydrogens is 441 g/mol. The SMILES string of the molecule is COc1cc2nc(-c3ccccc3)nn(-c3ccccc3)c-2c(I)c1=O. The summed E-state index contributed by atoms with van der Waals surface area (Å²) < 4.78 is 7.54. The minimum atomic E-state index is -0.165. The summed E-state index contributed by atoms with van der Waals surface area (Å²) in [5.74, 6) is 0.859. The Bertz CT molecular complexity index is 1100. The lowest BCUT2D eigenvalue weighted by Gasteiger charge is -2.18. The highest BCUT2D eigenvalue weighted by Gasteiger charge is 2.22. The smallest absolute Gasteiger partial charge is 0.235 e. The zero-order valence-electron chi connectivity index (χ0n) is 13.9. The molecule has 0 aromatic heterocycles. The molecule has 0 radical (unpaired) electrons. The van der Waals surface area contributed by atoms with Crippen molar-refractivity contribution >= 4 is 22.6 Å². The van der Waals surface area contributed by atoms with E-state index in [0.717, 1.165) is 11.3 Å². The molecule has 128 valence electrons. The van der Waals surface area contributed by atoms with Crippen LogP contribution in [0.2, 0.25) is 0 Å². The molecule has 0 amide bonds. The molecule has 4 rings (SSSR count). The lowest BCUT2D eigenvalue weighted by Crippen LogP contribution is -2.18. The molecule has 0 N–H and O–H groups in total. The Hall–Kier alpha value is -2.74. The molecule has 5 nitrogen and oxygen atoms in total. The number of rotatable bonds is 3. The number of benzene rings is 3. The first-order valence-electron chi connectivity index (χ1n) is 7.97. The molecule has 0 spiro atoms. The molecule has 1 aliphatic heterocycles. The van der Waals surface area contributed by atoms with Gasteiger partial charge >= 0.3 is 0 Å². The number of methoxy groups -OCH3 is 1. The van der Waals surface area contributed by atoms with E-state index in [9.17, 15) is 4.79 Å². The van der Waals surface area contributed by atoms with Crippen LogP contribution < -0.4 is 10.2 Å². The first-order chi connectivity index (χ1) is 12.7. The Balaban J connectivity index is 2.10. The van der Waals surface area contributed by atoms with Crippen LogP contribution in [0.25, 0.3) is 28.5 Å². The maximum atomic E-state index is 12.6. The van der Waals surface area contributed by atoms with Gasteiger partial charge in [-0.05, 0) is 34.7 Å². The van der Waals surface area contributed by atoms with Gasteiger partial charge in [0.1, 0.15) is 5.69 Å². The first kappa shape index (κ1) is 16.7. The van der Waals surface area contributed by atoms with Crippen LogP contribution in [0, 0.1) is 3.57 Å². The number of aromatic nitrogens is 3. The highest BCUT2D eigenvalue weighted by Crippen LogP contribution is 2.30. The number of hydrogen-bond donors (Lipinski definition) is 0. The summed E-state index contributed by atoms with van der Waals surface area (Å²) in [6.45, 7) is 0. The lowest BCUT2D eigenvalue weighted by molar-refractivity contribution is 0.410. The molecule has 26 heavy (non-hydrogen) atoms. The molecule has 1 aliphatic carbocycles. The van der Waals surface area contributed by atoms with E-state index < -0.39 is 0 Å². The molecule has 0 unspecified atom stereocenters. The second kappa shape index (κ2) is 6.87. The second-order valence-corrected chi connectivity index (χ2v) is 6.72. The van der Waals surface area contributed by atoms with Crippen LogP contribution in [-0.2, 0) is 0 Å². The van der Waals surface area contributed by atoms with E-state index in [-0.39, 0.29) is 11.2 Å². The van der Waals surface area contributed by atoms with Gasteiger partial charge in [-0.25, -0.2) is 9.67 Å². The van der Waals surface area contributed by atoms with Crippen molar-refractivity contribution in [3.8, 4) is 34.2 Å². The van der Waals surface area contributed by atoms with Crippen molar-refractivity contribution in [1.29, 1.82) is 0 Å². The zero-order chi connectivity index (χ0) is 18.1.